The fourth-order valence-electron chi connectivity index (χ4n) is 2.48. The van der Waals surface area contributed by atoms with E-state index >= 15 is 0 Å². The lowest BCUT2D eigenvalue weighted by Gasteiger charge is -2.24. The van der Waals surface area contributed by atoms with Crippen LogP contribution in [0.4, 0.5) is 5.69 Å². The number of carbonyl (C=O) groups excluding carboxylic acids is 1. The summed E-state index contributed by atoms with van der Waals surface area (Å²) in [6.45, 7) is 4.42. The van der Waals surface area contributed by atoms with Crippen LogP contribution >= 0.6 is 0 Å². The number of rotatable bonds is 3. The molecule has 0 bridgehead atoms. The van der Waals surface area contributed by atoms with Gasteiger partial charge >= 0.3 is 0 Å². The third-order valence-electron chi connectivity index (χ3n) is 3.36. The van der Waals surface area contributed by atoms with Gasteiger partial charge in [-0.2, -0.15) is 0 Å². The van der Waals surface area contributed by atoms with E-state index in [2.05, 4.69) is 36.6 Å². The predicted molar refractivity (Wildman–Crippen MR) is 70.0 cm³/mol. The Kier molecular flexibility index (Phi) is 3.48. The number of nitrogens with one attached hydrogen (secondary N) is 2. The van der Waals surface area contributed by atoms with E-state index in [1.165, 1.54) is 11.1 Å². The highest BCUT2D eigenvalue weighted by Crippen LogP contribution is 2.28. The van der Waals surface area contributed by atoms with Crippen molar-refractivity contribution in [1.82, 2.24) is 5.32 Å². The van der Waals surface area contributed by atoms with E-state index in [1.54, 1.807) is 0 Å². The van der Waals surface area contributed by atoms with Crippen molar-refractivity contribution in [2.45, 2.75) is 32.7 Å². The Morgan fingerprint density at radius 1 is 1.29 bits per heavy atom. The standard InChI is InChI=1S/C14H20N2O/c1-9(2)14(15-3)11-4-6-12-10(8-11)5-7-13(17)16-12/h4,6,8-9,14-15H,5,7H2,1-3H3,(H,16,17). The second-order valence-corrected chi connectivity index (χ2v) is 4.98. The Hall–Kier alpha value is -1.35. The van der Waals surface area contributed by atoms with Gasteiger partial charge in [-0.1, -0.05) is 26.0 Å². The Morgan fingerprint density at radius 3 is 2.71 bits per heavy atom. The molecule has 0 spiro atoms. The van der Waals surface area contributed by atoms with Crippen molar-refractivity contribution in [3.05, 3.63) is 29.3 Å². The van der Waals surface area contributed by atoms with Gasteiger partial charge in [0.25, 0.3) is 0 Å². The average Bonchev–Trinajstić information content (AvgIpc) is 2.29. The largest absolute Gasteiger partial charge is 0.326 e. The molecule has 3 heteroatoms. The van der Waals surface area contributed by atoms with Crippen LogP contribution in [-0.4, -0.2) is 13.0 Å². The molecule has 2 rings (SSSR count). The Morgan fingerprint density at radius 2 is 2.06 bits per heavy atom. The van der Waals surface area contributed by atoms with Gasteiger partial charge < -0.3 is 10.6 Å². The quantitative estimate of drug-likeness (QED) is 0.840. The fourth-order valence-corrected chi connectivity index (χ4v) is 2.48. The van der Waals surface area contributed by atoms with Crippen LogP contribution in [0.5, 0.6) is 0 Å². The van der Waals surface area contributed by atoms with Gasteiger partial charge in [0.2, 0.25) is 5.91 Å². The summed E-state index contributed by atoms with van der Waals surface area (Å²) in [5.74, 6) is 0.676. The van der Waals surface area contributed by atoms with E-state index in [-0.39, 0.29) is 5.91 Å². The number of hydrogen-bond acceptors (Lipinski definition) is 2. The molecule has 2 N–H and O–H groups in total. The minimum absolute atomic E-state index is 0.124. The molecule has 1 unspecified atom stereocenters. The van der Waals surface area contributed by atoms with Crippen molar-refractivity contribution in [2.75, 3.05) is 12.4 Å². The molecule has 17 heavy (non-hydrogen) atoms. The SMILES string of the molecule is CNC(c1ccc2c(c1)CCC(=O)N2)C(C)C. The predicted octanol–water partition coefficient (Wildman–Crippen LogP) is 2.49. The molecule has 0 fully saturated rings. The van der Waals surface area contributed by atoms with Crippen molar-refractivity contribution in [3.8, 4) is 0 Å². The topological polar surface area (TPSA) is 41.1 Å². The number of benzene rings is 1. The fraction of sp³-hybridized carbons (Fsp3) is 0.500. The number of fused-ring (bicyclic) bond motifs is 1. The molecule has 1 aliphatic heterocycles. The Labute approximate surface area is 103 Å². The molecule has 0 saturated heterocycles. The monoisotopic (exact) mass is 232 g/mol. The van der Waals surface area contributed by atoms with Gasteiger partial charge in [-0.3, -0.25) is 4.79 Å². The molecule has 1 aromatic carbocycles. The Balaban J connectivity index is 2.30. The van der Waals surface area contributed by atoms with Gasteiger partial charge in [0.05, 0.1) is 0 Å². The number of anilines is 1. The first-order chi connectivity index (χ1) is 8.11. The lowest BCUT2D eigenvalue weighted by Crippen LogP contribution is -2.23. The molecular weight excluding hydrogens is 212 g/mol. The zero-order valence-corrected chi connectivity index (χ0v) is 10.7. The summed E-state index contributed by atoms with van der Waals surface area (Å²) < 4.78 is 0. The van der Waals surface area contributed by atoms with Crippen molar-refractivity contribution in [3.63, 3.8) is 0 Å². The molecule has 3 nitrogen and oxygen atoms in total. The summed E-state index contributed by atoms with van der Waals surface area (Å²) in [6, 6.07) is 6.72. The maximum Gasteiger partial charge on any atom is 0.224 e. The molecule has 92 valence electrons. The molecule has 0 aliphatic carbocycles. The highest BCUT2D eigenvalue weighted by Gasteiger charge is 2.18. The summed E-state index contributed by atoms with van der Waals surface area (Å²) in [5.41, 5.74) is 3.53. The molecule has 0 aromatic heterocycles. The van der Waals surface area contributed by atoms with Crippen molar-refractivity contribution >= 4 is 11.6 Å². The lowest BCUT2D eigenvalue weighted by atomic mass is 9.92. The minimum Gasteiger partial charge on any atom is -0.326 e. The van der Waals surface area contributed by atoms with Crippen LogP contribution in [0.1, 0.15) is 37.4 Å². The van der Waals surface area contributed by atoms with Crippen LogP contribution in [0.25, 0.3) is 0 Å². The molecule has 1 aromatic rings. The van der Waals surface area contributed by atoms with Crippen LogP contribution in [0.3, 0.4) is 0 Å². The normalized spacial score (nSPS) is 16.6. The van der Waals surface area contributed by atoms with Crippen molar-refractivity contribution in [2.24, 2.45) is 5.92 Å². The molecule has 1 aliphatic rings. The highest BCUT2D eigenvalue weighted by atomic mass is 16.1. The molecule has 0 radical (unpaired) electrons. The molecule has 0 saturated carbocycles. The second kappa shape index (κ2) is 4.88. The van der Waals surface area contributed by atoms with Gasteiger partial charge in [-0.15, -0.1) is 0 Å². The summed E-state index contributed by atoms with van der Waals surface area (Å²) in [7, 11) is 1.99. The van der Waals surface area contributed by atoms with Crippen LogP contribution in [0, 0.1) is 5.92 Å². The summed E-state index contributed by atoms with van der Waals surface area (Å²) in [6.07, 6.45) is 1.45. The van der Waals surface area contributed by atoms with Crippen LogP contribution < -0.4 is 10.6 Å². The van der Waals surface area contributed by atoms with Crippen LogP contribution in [0.15, 0.2) is 18.2 Å². The minimum atomic E-state index is 0.124. The van der Waals surface area contributed by atoms with E-state index < -0.39 is 0 Å². The van der Waals surface area contributed by atoms with Gasteiger partial charge in [0, 0.05) is 18.2 Å². The van der Waals surface area contributed by atoms with Crippen LogP contribution in [0.2, 0.25) is 0 Å². The van der Waals surface area contributed by atoms with Gasteiger partial charge in [-0.25, -0.2) is 0 Å². The van der Waals surface area contributed by atoms with E-state index in [9.17, 15) is 4.79 Å². The van der Waals surface area contributed by atoms with Crippen molar-refractivity contribution in [1.29, 1.82) is 0 Å². The maximum atomic E-state index is 11.3. The molecular formula is C14H20N2O. The Bertz CT molecular complexity index is 426. The summed E-state index contributed by atoms with van der Waals surface area (Å²) in [4.78, 5) is 11.3. The zero-order chi connectivity index (χ0) is 12.4. The first kappa shape index (κ1) is 12.1. The van der Waals surface area contributed by atoms with Crippen molar-refractivity contribution < 1.29 is 4.79 Å². The zero-order valence-electron chi connectivity index (χ0n) is 10.7. The highest BCUT2D eigenvalue weighted by molar-refractivity contribution is 5.93. The van der Waals surface area contributed by atoms with E-state index in [4.69, 9.17) is 0 Å². The van der Waals surface area contributed by atoms with Gasteiger partial charge in [0.15, 0.2) is 0 Å². The lowest BCUT2D eigenvalue weighted by molar-refractivity contribution is -0.116. The molecule has 1 heterocycles. The third-order valence-corrected chi connectivity index (χ3v) is 3.36. The maximum absolute atomic E-state index is 11.3. The number of aryl methyl sites for hydroxylation is 1. The second-order valence-electron chi connectivity index (χ2n) is 4.98. The van der Waals surface area contributed by atoms with E-state index in [1.807, 2.05) is 13.1 Å². The van der Waals surface area contributed by atoms with Crippen LogP contribution in [-0.2, 0) is 11.2 Å². The first-order valence-corrected chi connectivity index (χ1v) is 6.21. The summed E-state index contributed by atoms with van der Waals surface area (Å²) >= 11 is 0. The molecule has 1 atom stereocenters. The van der Waals surface area contributed by atoms with E-state index in [0.717, 1.165) is 12.1 Å². The first-order valence-electron chi connectivity index (χ1n) is 6.21. The third kappa shape index (κ3) is 2.50. The van der Waals surface area contributed by atoms with Gasteiger partial charge in [0.1, 0.15) is 0 Å². The summed E-state index contributed by atoms with van der Waals surface area (Å²) in [5, 5.41) is 6.26. The number of amides is 1. The smallest absolute Gasteiger partial charge is 0.224 e. The number of carbonyl (C=O) groups is 1. The van der Waals surface area contributed by atoms with E-state index in [0.29, 0.717) is 18.4 Å². The number of hydrogen-bond donors (Lipinski definition) is 2. The average molecular weight is 232 g/mol. The van der Waals surface area contributed by atoms with Gasteiger partial charge in [-0.05, 0) is 36.6 Å². The molecule has 1 amide bonds.